The minimum atomic E-state index is -3.56. The van der Waals surface area contributed by atoms with Gasteiger partial charge in [0.1, 0.15) is 0 Å². The largest absolute Gasteiger partial charge is 0.321 e. The summed E-state index contributed by atoms with van der Waals surface area (Å²) >= 11 is 12.0. The predicted octanol–water partition coefficient (Wildman–Crippen LogP) is 4.81. The van der Waals surface area contributed by atoms with Gasteiger partial charge in [-0.2, -0.15) is 4.31 Å². The van der Waals surface area contributed by atoms with Crippen molar-refractivity contribution in [1.82, 2.24) is 4.31 Å². The highest BCUT2D eigenvalue weighted by Gasteiger charge is 2.30. The molecule has 1 saturated heterocycles. The van der Waals surface area contributed by atoms with Gasteiger partial charge in [0.15, 0.2) is 0 Å². The van der Waals surface area contributed by atoms with Gasteiger partial charge in [-0.1, -0.05) is 29.6 Å². The van der Waals surface area contributed by atoms with Crippen LogP contribution in [-0.4, -0.2) is 31.2 Å². The Morgan fingerprint density at radius 1 is 1.11 bits per heavy atom. The summed E-state index contributed by atoms with van der Waals surface area (Å²) in [6, 6.07) is 10.7. The van der Waals surface area contributed by atoms with Crippen molar-refractivity contribution in [2.45, 2.75) is 37.1 Å². The fraction of sp³-hybridized carbons (Fsp3) is 0.316. The highest BCUT2D eigenvalue weighted by molar-refractivity contribution is 7.89. The first-order chi connectivity index (χ1) is 12.8. The van der Waals surface area contributed by atoms with E-state index >= 15 is 0 Å². The predicted molar refractivity (Wildman–Crippen MR) is 108 cm³/mol. The van der Waals surface area contributed by atoms with Gasteiger partial charge in [0.05, 0.1) is 15.6 Å². The number of carbonyl (C=O) groups excluding carboxylic acids is 1. The van der Waals surface area contributed by atoms with E-state index in [2.05, 4.69) is 5.32 Å². The van der Waals surface area contributed by atoms with Crippen molar-refractivity contribution in [1.29, 1.82) is 0 Å². The van der Waals surface area contributed by atoms with E-state index in [0.717, 1.165) is 19.3 Å². The maximum absolute atomic E-state index is 12.8. The second-order valence-corrected chi connectivity index (χ2v) is 9.30. The molecule has 0 aliphatic carbocycles. The van der Waals surface area contributed by atoms with Crippen LogP contribution in [-0.2, 0) is 10.0 Å². The molecule has 2 aromatic carbocycles. The first-order valence-electron chi connectivity index (χ1n) is 8.67. The molecule has 1 aliphatic rings. The molecule has 1 N–H and O–H groups in total. The minimum Gasteiger partial charge on any atom is -0.321 e. The Morgan fingerprint density at radius 2 is 1.81 bits per heavy atom. The molecule has 2 aromatic rings. The van der Waals surface area contributed by atoms with Crippen molar-refractivity contribution in [3.8, 4) is 0 Å². The lowest BCUT2D eigenvalue weighted by molar-refractivity contribution is 0.102. The third-order valence-electron chi connectivity index (χ3n) is 4.64. The van der Waals surface area contributed by atoms with Gasteiger partial charge in [0.25, 0.3) is 5.91 Å². The molecular formula is C19H20Cl2N2O3S. The van der Waals surface area contributed by atoms with E-state index in [1.807, 2.05) is 6.92 Å². The lowest BCUT2D eigenvalue weighted by atomic mass is 10.1. The van der Waals surface area contributed by atoms with Gasteiger partial charge in [-0.25, -0.2) is 8.42 Å². The topological polar surface area (TPSA) is 66.5 Å². The Kier molecular flexibility index (Phi) is 6.11. The number of anilines is 1. The molecule has 0 saturated carbocycles. The fourth-order valence-electron chi connectivity index (χ4n) is 3.13. The molecule has 144 valence electrons. The Morgan fingerprint density at radius 3 is 2.48 bits per heavy atom. The molecule has 1 atom stereocenters. The number of piperidine rings is 1. The maximum atomic E-state index is 12.8. The molecule has 3 rings (SSSR count). The number of rotatable bonds is 4. The highest BCUT2D eigenvalue weighted by atomic mass is 35.5. The van der Waals surface area contributed by atoms with Gasteiger partial charge in [-0.15, -0.1) is 0 Å². The van der Waals surface area contributed by atoms with E-state index in [1.165, 1.54) is 28.6 Å². The molecular weight excluding hydrogens is 407 g/mol. The summed E-state index contributed by atoms with van der Waals surface area (Å²) < 4.78 is 27.2. The van der Waals surface area contributed by atoms with Gasteiger partial charge in [-0.05, 0) is 62.2 Å². The molecule has 1 aliphatic heterocycles. The van der Waals surface area contributed by atoms with Gasteiger partial charge < -0.3 is 5.32 Å². The Hall–Kier alpha value is -1.60. The van der Waals surface area contributed by atoms with Crippen LogP contribution < -0.4 is 5.32 Å². The second-order valence-electron chi connectivity index (χ2n) is 6.56. The van der Waals surface area contributed by atoms with Crippen LogP contribution >= 0.6 is 23.2 Å². The number of carbonyl (C=O) groups is 1. The van der Waals surface area contributed by atoms with Gasteiger partial charge in [-0.3, -0.25) is 4.79 Å². The zero-order valence-electron chi connectivity index (χ0n) is 14.8. The van der Waals surface area contributed by atoms with Gasteiger partial charge in [0, 0.05) is 23.2 Å². The fourth-order valence-corrected chi connectivity index (χ4v) is 5.17. The number of benzene rings is 2. The number of amides is 1. The zero-order valence-corrected chi connectivity index (χ0v) is 17.1. The van der Waals surface area contributed by atoms with Crippen LogP contribution in [0.15, 0.2) is 47.4 Å². The molecule has 1 fully saturated rings. The van der Waals surface area contributed by atoms with Crippen LogP contribution in [0.1, 0.15) is 36.5 Å². The average Bonchev–Trinajstić information content (AvgIpc) is 2.65. The number of nitrogens with one attached hydrogen (secondary N) is 1. The van der Waals surface area contributed by atoms with Crippen LogP contribution in [0.25, 0.3) is 0 Å². The molecule has 0 spiro atoms. The van der Waals surface area contributed by atoms with Gasteiger partial charge >= 0.3 is 0 Å². The molecule has 1 unspecified atom stereocenters. The summed E-state index contributed by atoms with van der Waals surface area (Å²) in [6.45, 7) is 2.45. The third-order valence-corrected chi connectivity index (χ3v) is 7.23. The summed E-state index contributed by atoms with van der Waals surface area (Å²) in [5.41, 5.74) is 0.727. The molecule has 5 nitrogen and oxygen atoms in total. The van der Waals surface area contributed by atoms with Crippen molar-refractivity contribution < 1.29 is 13.2 Å². The van der Waals surface area contributed by atoms with Crippen molar-refractivity contribution in [3.63, 3.8) is 0 Å². The van der Waals surface area contributed by atoms with Crippen molar-refractivity contribution >= 4 is 44.8 Å². The summed E-state index contributed by atoms with van der Waals surface area (Å²) in [5.74, 6) is -0.394. The van der Waals surface area contributed by atoms with Gasteiger partial charge in [0.2, 0.25) is 10.0 Å². The van der Waals surface area contributed by atoms with E-state index in [-0.39, 0.29) is 10.9 Å². The summed E-state index contributed by atoms with van der Waals surface area (Å²) in [6.07, 6.45) is 2.77. The number of sulfonamides is 1. The van der Waals surface area contributed by atoms with Crippen molar-refractivity contribution in [3.05, 3.63) is 58.1 Å². The van der Waals surface area contributed by atoms with Crippen LogP contribution in [0.3, 0.4) is 0 Å². The van der Waals surface area contributed by atoms with Crippen LogP contribution in [0, 0.1) is 0 Å². The number of halogens is 2. The molecule has 1 amide bonds. The Balaban J connectivity index is 1.78. The Bertz CT molecular complexity index is 946. The quantitative estimate of drug-likeness (QED) is 0.762. The second kappa shape index (κ2) is 8.19. The standard InChI is InChI=1S/C19H20Cl2N2O3S/c1-13-4-2-3-11-23(13)27(25,26)16-8-5-14(6-9-16)19(24)22-18-12-15(20)7-10-17(18)21/h5-10,12-13H,2-4,11H2,1H3,(H,22,24). The van der Waals surface area contributed by atoms with E-state index in [0.29, 0.717) is 27.8 Å². The number of hydrogen-bond donors (Lipinski definition) is 1. The molecule has 0 radical (unpaired) electrons. The van der Waals surface area contributed by atoms with Crippen LogP contribution in [0.4, 0.5) is 5.69 Å². The SMILES string of the molecule is CC1CCCCN1S(=O)(=O)c1ccc(C(=O)Nc2cc(Cl)ccc2Cl)cc1. The van der Waals surface area contributed by atoms with E-state index in [4.69, 9.17) is 23.2 Å². The maximum Gasteiger partial charge on any atom is 0.255 e. The summed E-state index contributed by atoms with van der Waals surface area (Å²) in [5, 5.41) is 3.50. The molecule has 0 aromatic heterocycles. The molecule has 0 bridgehead atoms. The first kappa shape index (κ1) is 20.1. The van der Waals surface area contributed by atoms with Crippen LogP contribution in [0.5, 0.6) is 0 Å². The zero-order chi connectivity index (χ0) is 19.6. The average molecular weight is 427 g/mol. The van der Waals surface area contributed by atoms with Crippen molar-refractivity contribution in [2.75, 3.05) is 11.9 Å². The highest BCUT2D eigenvalue weighted by Crippen LogP contribution is 2.27. The summed E-state index contributed by atoms with van der Waals surface area (Å²) in [7, 11) is -3.56. The van der Waals surface area contributed by atoms with Crippen LogP contribution in [0.2, 0.25) is 10.0 Å². The smallest absolute Gasteiger partial charge is 0.255 e. The number of hydrogen-bond acceptors (Lipinski definition) is 3. The van der Waals surface area contributed by atoms with E-state index in [9.17, 15) is 13.2 Å². The normalized spacial score (nSPS) is 18.3. The molecule has 1 heterocycles. The summed E-state index contributed by atoms with van der Waals surface area (Å²) in [4.78, 5) is 12.6. The lowest BCUT2D eigenvalue weighted by Crippen LogP contribution is -2.41. The minimum absolute atomic E-state index is 0.0169. The first-order valence-corrected chi connectivity index (χ1v) is 10.9. The third kappa shape index (κ3) is 4.46. The van der Waals surface area contributed by atoms with Crippen molar-refractivity contribution in [2.24, 2.45) is 0 Å². The Labute approximate surface area is 169 Å². The van der Waals surface area contributed by atoms with E-state index in [1.54, 1.807) is 18.2 Å². The molecule has 27 heavy (non-hydrogen) atoms. The lowest BCUT2D eigenvalue weighted by Gasteiger charge is -2.32. The monoisotopic (exact) mass is 426 g/mol. The van der Waals surface area contributed by atoms with E-state index < -0.39 is 15.9 Å². The number of nitrogens with zero attached hydrogens (tertiary/aromatic N) is 1. The molecule has 8 heteroatoms.